The van der Waals surface area contributed by atoms with E-state index in [4.69, 9.17) is 4.74 Å². The lowest BCUT2D eigenvalue weighted by molar-refractivity contribution is -0.144. The topological polar surface area (TPSA) is 87.7 Å². The van der Waals surface area contributed by atoms with E-state index in [9.17, 15) is 14.4 Å². The summed E-state index contributed by atoms with van der Waals surface area (Å²) < 4.78 is 4.80. The number of nitrogens with zero attached hydrogens (tertiary/aromatic N) is 1. The van der Waals surface area contributed by atoms with Crippen molar-refractivity contribution in [3.05, 3.63) is 23.8 Å². The summed E-state index contributed by atoms with van der Waals surface area (Å²) in [5.41, 5.74) is 1.82. The predicted molar refractivity (Wildman–Crippen MR) is 95.8 cm³/mol. The number of ether oxygens (including phenoxy) is 1. The van der Waals surface area contributed by atoms with Crippen LogP contribution in [0.4, 0.5) is 11.4 Å². The minimum Gasteiger partial charge on any atom is -0.466 e. The highest BCUT2D eigenvalue weighted by Crippen LogP contribution is 2.25. The second kappa shape index (κ2) is 8.50. The molecule has 0 atom stereocenters. The molecule has 1 fully saturated rings. The summed E-state index contributed by atoms with van der Waals surface area (Å²) in [6, 6.07) is 5.45. The Morgan fingerprint density at radius 1 is 1.20 bits per heavy atom. The molecule has 2 rings (SSSR count). The molecule has 7 nitrogen and oxygen atoms in total. The monoisotopic (exact) mass is 347 g/mol. The fourth-order valence-corrected chi connectivity index (χ4v) is 2.35. The maximum atomic E-state index is 12.4. The third kappa shape index (κ3) is 5.77. The molecule has 0 spiro atoms. The lowest BCUT2D eigenvalue weighted by atomic mass is 10.1. The molecule has 0 saturated heterocycles. The van der Waals surface area contributed by atoms with Crippen LogP contribution in [0.5, 0.6) is 0 Å². The number of carbonyl (C=O) groups excluding carboxylic acids is 3. The number of hydrogen-bond donors (Lipinski definition) is 2. The maximum absolute atomic E-state index is 12.4. The molecule has 0 unspecified atom stereocenters. The summed E-state index contributed by atoms with van der Waals surface area (Å²) in [5, 5.41) is 5.69. The second-order valence-corrected chi connectivity index (χ2v) is 6.23. The Morgan fingerprint density at radius 2 is 1.92 bits per heavy atom. The molecule has 0 aliphatic heterocycles. The van der Waals surface area contributed by atoms with Crippen LogP contribution in [-0.2, 0) is 14.3 Å². The first-order chi connectivity index (χ1) is 11.9. The van der Waals surface area contributed by atoms with Gasteiger partial charge in [0.15, 0.2) is 0 Å². The Morgan fingerprint density at radius 3 is 2.52 bits per heavy atom. The highest BCUT2D eigenvalue weighted by Gasteiger charge is 2.25. The molecule has 2 amide bonds. The molecule has 0 aromatic heterocycles. The standard InChI is InChI=1S/C18H25N3O4/c1-4-25-17(23)10-9-16(22)19-13-7-8-15(21(2)3)14(11-13)18(24)20-12-5-6-12/h7-8,11-12H,4-6,9-10H2,1-3H3,(H,19,22)(H,20,24). The van der Waals surface area contributed by atoms with Crippen molar-refractivity contribution < 1.29 is 19.1 Å². The normalized spacial score (nSPS) is 13.1. The van der Waals surface area contributed by atoms with Crippen molar-refractivity contribution in [2.24, 2.45) is 0 Å². The summed E-state index contributed by atoms with van der Waals surface area (Å²) in [6.07, 6.45) is 2.09. The van der Waals surface area contributed by atoms with Gasteiger partial charge in [-0.3, -0.25) is 14.4 Å². The molecule has 1 aliphatic carbocycles. The molecule has 25 heavy (non-hydrogen) atoms. The van der Waals surface area contributed by atoms with Crippen LogP contribution in [0, 0.1) is 0 Å². The summed E-state index contributed by atoms with van der Waals surface area (Å²) in [6.45, 7) is 2.02. The van der Waals surface area contributed by atoms with Gasteiger partial charge in [-0.05, 0) is 38.0 Å². The number of esters is 1. The van der Waals surface area contributed by atoms with Crippen LogP contribution in [0.2, 0.25) is 0 Å². The van der Waals surface area contributed by atoms with Crippen molar-refractivity contribution >= 4 is 29.2 Å². The van der Waals surface area contributed by atoms with Gasteiger partial charge in [0.05, 0.1) is 18.6 Å². The zero-order chi connectivity index (χ0) is 18.4. The Hall–Kier alpha value is -2.57. The predicted octanol–water partition coefficient (Wildman–Crippen LogP) is 1.93. The zero-order valence-corrected chi connectivity index (χ0v) is 14.9. The van der Waals surface area contributed by atoms with E-state index < -0.39 is 5.97 Å². The van der Waals surface area contributed by atoms with Crippen LogP contribution in [0.25, 0.3) is 0 Å². The van der Waals surface area contributed by atoms with Gasteiger partial charge in [0.25, 0.3) is 5.91 Å². The van der Waals surface area contributed by atoms with Gasteiger partial charge in [-0.25, -0.2) is 0 Å². The van der Waals surface area contributed by atoms with Gasteiger partial charge in [-0.15, -0.1) is 0 Å². The molecule has 7 heteroatoms. The summed E-state index contributed by atoms with van der Waals surface area (Å²) in [5.74, 6) is -0.835. The fourth-order valence-electron chi connectivity index (χ4n) is 2.35. The van der Waals surface area contributed by atoms with Gasteiger partial charge in [-0.1, -0.05) is 0 Å². The average molecular weight is 347 g/mol. The highest BCUT2D eigenvalue weighted by atomic mass is 16.5. The number of hydrogen-bond acceptors (Lipinski definition) is 5. The number of anilines is 2. The van der Waals surface area contributed by atoms with Gasteiger partial charge < -0.3 is 20.3 Å². The van der Waals surface area contributed by atoms with Crippen molar-refractivity contribution in [3.8, 4) is 0 Å². The Kier molecular flexibility index (Phi) is 6.38. The fraction of sp³-hybridized carbons (Fsp3) is 0.500. The first kappa shape index (κ1) is 18.8. The number of amides is 2. The Balaban J connectivity index is 2.03. The summed E-state index contributed by atoms with van der Waals surface area (Å²) in [4.78, 5) is 37.6. The second-order valence-electron chi connectivity index (χ2n) is 6.23. The van der Waals surface area contributed by atoms with Crippen LogP contribution in [-0.4, -0.2) is 44.5 Å². The van der Waals surface area contributed by atoms with Crippen LogP contribution in [0.15, 0.2) is 18.2 Å². The molecule has 1 aliphatic rings. The Labute approximate surface area is 147 Å². The van der Waals surface area contributed by atoms with Gasteiger partial charge >= 0.3 is 5.97 Å². The number of benzene rings is 1. The maximum Gasteiger partial charge on any atom is 0.306 e. The van der Waals surface area contributed by atoms with Crippen LogP contribution >= 0.6 is 0 Å². The van der Waals surface area contributed by atoms with Crippen LogP contribution < -0.4 is 15.5 Å². The summed E-state index contributed by atoms with van der Waals surface area (Å²) in [7, 11) is 3.72. The third-order valence-corrected chi connectivity index (χ3v) is 3.78. The lowest BCUT2D eigenvalue weighted by Gasteiger charge is -2.18. The molecule has 1 aromatic rings. The molecular formula is C18H25N3O4. The van der Waals surface area contributed by atoms with Crippen molar-refractivity contribution in [3.63, 3.8) is 0 Å². The molecule has 0 radical (unpaired) electrons. The highest BCUT2D eigenvalue weighted by molar-refractivity contribution is 6.02. The van der Waals surface area contributed by atoms with E-state index in [2.05, 4.69) is 10.6 Å². The van der Waals surface area contributed by atoms with Gasteiger partial charge in [0.1, 0.15) is 0 Å². The van der Waals surface area contributed by atoms with Crippen LogP contribution in [0.3, 0.4) is 0 Å². The van der Waals surface area contributed by atoms with Crippen molar-refractivity contribution in [1.29, 1.82) is 0 Å². The number of rotatable bonds is 8. The van der Waals surface area contributed by atoms with E-state index >= 15 is 0 Å². The van der Waals surface area contributed by atoms with E-state index in [0.29, 0.717) is 17.9 Å². The minimum absolute atomic E-state index is 0.0322. The quantitative estimate of drug-likeness (QED) is 0.702. The summed E-state index contributed by atoms with van der Waals surface area (Å²) >= 11 is 0. The largest absolute Gasteiger partial charge is 0.466 e. The van der Waals surface area contributed by atoms with Crippen molar-refractivity contribution in [2.75, 3.05) is 30.9 Å². The van der Waals surface area contributed by atoms with Gasteiger partial charge in [0, 0.05) is 37.9 Å². The van der Waals surface area contributed by atoms with E-state index in [1.165, 1.54) is 0 Å². The van der Waals surface area contributed by atoms with E-state index in [1.807, 2.05) is 19.0 Å². The first-order valence-corrected chi connectivity index (χ1v) is 8.48. The molecule has 0 bridgehead atoms. The molecule has 1 saturated carbocycles. The SMILES string of the molecule is CCOC(=O)CCC(=O)Nc1ccc(N(C)C)c(C(=O)NC2CC2)c1. The zero-order valence-electron chi connectivity index (χ0n) is 14.9. The lowest BCUT2D eigenvalue weighted by Crippen LogP contribution is -2.27. The molecule has 2 N–H and O–H groups in total. The third-order valence-electron chi connectivity index (χ3n) is 3.78. The minimum atomic E-state index is -0.398. The van der Waals surface area contributed by atoms with Gasteiger partial charge in [0.2, 0.25) is 5.91 Å². The molecular weight excluding hydrogens is 322 g/mol. The molecule has 0 heterocycles. The molecule has 1 aromatic carbocycles. The van der Waals surface area contributed by atoms with Crippen LogP contribution in [0.1, 0.15) is 43.0 Å². The average Bonchev–Trinajstić information content (AvgIpc) is 3.37. The molecule has 136 valence electrons. The number of carbonyl (C=O) groups is 3. The van der Waals surface area contributed by atoms with E-state index in [0.717, 1.165) is 18.5 Å². The first-order valence-electron chi connectivity index (χ1n) is 8.48. The van der Waals surface area contributed by atoms with Crippen molar-refractivity contribution in [2.45, 2.75) is 38.6 Å². The van der Waals surface area contributed by atoms with E-state index in [-0.39, 0.29) is 30.7 Å². The number of nitrogens with one attached hydrogen (secondary N) is 2. The van der Waals surface area contributed by atoms with Crippen molar-refractivity contribution in [1.82, 2.24) is 5.32 Å². The smallest absolute Gasteiger partial charge is 0.306 e. The Bertz CT molecular complexity index is 654. The van der Waals surface area contributed by atoms with Gasteiger partial charge in [-0.2, -0.15) is 0 Å². The van der Waals surface area contributed by atoms with E-state index in [1.54, 1.807) is 25.1 Å².